The van der Waals surface area contributed by atoms with Gasteiger partial charge in [0.2, 0.25) is 0 Å². The summed E-state index contributed by atoms with van der Waals surface area (Å²) in [6.45, 7) is 9.48. The molecule has 0 aromatic rings. The molecule has 0 aromatic carbocycles. The molecule has 0 aliphatic carbocycles. The van der Waals surface area contributed by atoms with Gasteiger partial charge in [0.25, 0.3) is 0 Å². The van der Waals surface area contributed by atoms with Crippen LogP contribution in [0.25, 0.3) is 0 Å². The molecule has 0 saturated carbocycles. The van der Waals surface area contributed by atoms with Crippen LogP contribution in [0.4, 0.5) is 0 Å². The van der Waals surface area contributed by atoms with Gasteiger partial charge in [-0.25, -0.2) is 9.13 Å². The van der Waals surface area contributed by atoms with Crippen LogP contribution in [0.1, 0.15) is 337 Å². The second kappa shape index (κ2) is 59.4. The minimum atomic E-state index is -4.95. The van der Waals surface area contributed by atoms with Crippen LogP contribution in [-0.2, 0) is 65.4 Å². The number of phosphoric acid groups is 2. The Bertz CT molecular complexity index is 1680. The lowest BCUT2D eigenvalue weighted by Crippen LogP contribution is -2.30. The van der Waals surface area contributed by atoms with Crippen molar-refractivity contribution in [2.24, 2.45) is 11.8 Å². The zero-order valence-electron chi connectivity index (χ0n) is 55.6. The molecule has 3 N–H and O–H groups in total. The maximum atomic E-state index is 13.0. The SMILES string of the molecule is CCCCCCCCCCCCCCC(=O)O[C@H](COC(=O)CCCCCCCCCCC)COP(=O)(O)OC[C@H](O)COP(=O)(O)OC[C@@H](COC(=O)CCCCCCCCCCCC(C)C)OC(=O)CCCCCCCCCCCCC(C)C. The highest BCUT2D eigenvalue weighted by molar-refractivity contribution is 7.47. The van der Waals surface area contributed by atoms with Gasteiger partial charge >= 0.3 is 39.5 Å². The second-order valence-electron chi connectivity index (χ2n) is 25.2. The number of unbranched alkanes of at least 4 members (excludes halogenated alkanes) is 36. The van der Waals surface area contributed by atoms with Gasteiger partial charge in [-0.2, -0.15) is 0 Å². The van der Waals surface area contributed by atoms with E-state index in [1.807, 2.05) is 0 Å². The molecule has 0 radical (unpaired) electrons. The number of carbonyl (C=O) groups excluding carboxylic acids is 4. The van der Waals surface area contributed by atoms with E-state index in [2.05, 4.69) is 41.5 Å². The summed E-state index contributed by atoms with van der Waals surface area (Å²) in [5.74, 6) is -0.633. The summed E-state index contributed by atoms with van der Waals surface area (Å²) >= 11 is 0. The van der Waals surface area contributed by atoms with E-state index in [1.54, 1.807) is 0 Å². The van der Waals surface area contributed by atoms with Crippen LogP contribution < -0.4 is 0 Å². The van der Waals surface area contributed by atoms with E-state index in [9.17, 15) is 43.2 Å². The number of aliphatic hydroxyl groups is 1. The monoisotopic (exact) mass is 1270 g/mol. The summed E-state index contributed by atoms with van der Waals surface area (Å²) in [7, 11) is -9.89. The standard InChI is InChI=1S/C67H130O17P2/c1-7-9-11-13-15-17-18-19-26-33-39-45-51-66(71)83-62(55-77-64(69)49-43-37-31-23-16-14-12-10-8-2)57-81-85(73,74)79-53-61(68)54-80-86(75,76)82-58-63(56-78-65(70)50-44-38-32-28-22-25-30-36-42-48-60(5)6)84-67(72)52-46-40-34-27-21-20-24-29-35-41-47-59(3)4/h59-63,68H,7-58H2,1-6H3,(H,73,74)(H,75,76)/t61-,62+,63+/m0/s1. The number of hydrogen-bond acceptors (Lipinski definition) is 15. The minimum Gasteiger partial charge on any atom is -0.462 e. The summed E-state index contributed by atoms with van der Waals surface area (Å²) < 4.78 is 68.1. The van der Waals surface area contributed by atoms with E-state index in [0.717, 1.165) is 102 Å². The van der Waals surface area contributed by atoms with Crippen LogP contribution in [0.2, 0.25) is 0 Å². The van der Waals surface area contributed by atoms with Crippen molar-refractivity contribution in [1.82, 2.24) is 0 Å². The van der Waals surface area contributed by atoms with Crippen molar-refractivity contribution in [3.05, 3.63) is 0 Å². The first-order valence-electron chi connectivity index (χ1n) is 35.0. The predicted octanol–water partition coefficient (Wildman–Crippen LogP) is 18.8. The van der Waals surface area contributed by atoms with Crippen LogP contribution in [0.3, 0.4) is 0 Å². The lowest BCUT2D eigenvalue weighted by molar-refractivity contribution is -0.161. The van der Waals surface area contributed by atoms with Gasteiger partial charge in [0.1, 0.15) is 19.3 Å². The van der Waals surface area contributed by atoms with E-state index >= 15 is 0 Å². The first-order valence-corrected chi connectivity index (χ1v) is 38.0. The van der Waals surface area contributed by atoms with E-state index in [1.165, 1.54) is 154 Å². The predicted molar refractivity (Wildman–Crippen MR) is 345 cm³/mol. The summed E-state index contributed by atoms with van der Waals surface area (Å²) in [6, 6.07) is 0. The smallest absolute Gasteiger partial charge is 0.462 e. The summed E-state index contributed by atoms with van der Waals surface area (Å²) in [5.41, 5.74) is 0. The lowest BCUT2D eigenvalue weighted by atomic mass is 10.0. The van der Waals surface area contributed by atoms with Crippen molar-refractivity contribution in [1.29, 1.82) is 0 Å². The zero-order valence-corrected chi connectivity index (χ0v) is 57.4. The maximum Gasteiger partial charge on any atom is 0.472 e. The number of esters is 4. The molecule has 0 heterocycles. The molecule has 0 amide bonds. The molecule has 0 aliphatic heterocycles. The molecule has 0 aliphatic rings. The molecule has 2 unspecified atom stereocenters. The summed E-state index contributed by atoms with van der Waals surface area (Å²) in [6.07, 6.45) is 43.0. The molecular weight excluding hydrogens is 1140 g/mol. The van der Waals surface area contributed by atoms with Crippen LogP contribution in [0.15, 0.2) is 0 Å². The number of aliphatic hydroxyl groups excluding tert-OH is 1. The fourth-order valence-electron chi connectivity index (χ4n) is 10.1. The molecule has 0 fully saturated rings. The van der Waals surface area contributed by atoms with Gasteiger partial charge in [-0.1, -0.05) is 286 Å². The van der Waals surface area contributed by atoms with Gasteiger partial charge in [0, 0.05) is 25.7 Å². The van der Waals surface area contributed by atoms with Crippen LogP contribution in [0, 0.1) is 11.8 Å². The molecule has 19 heteroatoms. The Morgan fingerprint density at radius 2 is 0.535 bits per heavy atom. The average molecular weight is 1270 g/mol. The minimum absolute atomic E-state index is 0.106. The summed E-state index contributed by atoms with van der Waals surface area (Å²) in [5, 5.41) is 10.6. The Morgan fingerprint density at radius 1 is 0.314 bits per heavy atom. The van der Waals surface area contributed by atoms with Crippen molar-refractivity contribution in [2.45, 2.75) is 355 Å². The Hall–Kier alpha value is -1.94. The molecule has 0 spiro atoms. The molecular formula is C67H130O17P2. The Kier molecular flexibility index (Phi) is 58.0. The van der Waals surface area contributed by atoms with Gasteiger partial charge in [0.05, 0.1) is 26.4 Å². The normalized spacial score (nSPS) is 14.2. The number of rotatable bonds is 66. The molecule has 0 aromatic heterocycles. The molecule has 5 atom stereocenters. The van der Waals surface area contributed by atoms with Crippen molar-refractivity contribution in [3.8, 4) is 0 Å². The van der Waals surface area contributed by atoms with E-state index in [0.29, 0.717) is 25.7 Å². The number of phosphoric ester groups is 2. The molecule has 86 heavy (non-hydrogen) atoms. The largest absolute Gasteiger partial charge is 0.472 e. The lowest BCUT2D eigenvalue weighted by Gasteiger charge is -2.21. The maximum absolute atomic E-state index is 13.0. The van der Waals surface area contributed by atoms with Gasteiger partial charge in [0.15, 0.2) is 12.2 Å². The van der Waals surface area contributed by atoms with E-state index in [4.69, 9.17) is 37.0 Å². The van der Waals surface area contributed by atoms with Crippen molar-refractivity contribution < 1.29 is 80.2 Å². The Morgan fingerprint density at radius 3 is 0.791 bits per heavy atom. The third kappa shape index (κ3) is 60.9. The van der Waals surface area contributed by atoms with Crippen LogP contribution >= 0.6 is 15.6 Å². The number of ether oxygens (including phenoxy) is 4. The van der Waals surface area contributed by atoms with Crippen molar-refractivity contribution in [2.75, 3.05) is 39.6 Å². The molecule has 0 rings (SSSR count). The first-order chi connectivity index (χ1) is 41.4. The fraction of sp³-hybridized carbons (Fsp3) is 0.940. The first kappa shape index (κ1) is 84.1. The van der Waals surface area contributed by atoms with Crippen LogP contribution in [-0.4, -0.2) is 96.7 Å². The summed E-state index contributed by atoms with van der Waals surface area (Å²) in [4.78, 5) is 72.4. The average Bonchev–Trinajstić information content (AvgIpc) is 3.61. The highest BCUT2D eigenvalue weighted by atomic mass is 31.2. The molecule has 0 saturated heterocycles. The quantitative estimate of drug-likeness (QED) is 0.0222. The second-order valence-corrected chi connectivity index (χ2v) is 28.1. The third-order valence-electron chi connectivity index (χ3n) is 15.5. The topological polar surface area (TPSA) is 237 Å². The van der Waals surface area contributed by atoms with Crippen LogP contribution in [0.5, 0.6) is 0 Å². The Balaban J connectivity index is 5.25. The number of hydrogen-bond donors (Lipinski definition) is 3. The Labute approximate surface area is 524 Å². The zero-order chi connectivity index (χ0) is 63.6. The van der Waals surface area contributed by atoms with E-state index < -0.39 is 97.5 Å². The van der Waals surface area contributed by atoms with Gasteiger partial charge in [-0.05, 0) is 37.5 Å². The van der Waals surface area contributed by atoms with Crippen molar-refractivity contribution in [3.63, 3.8) is 0 Å². The number of carbonyl (C=O) groups is 4. The highest BCUT2D eigenvalue weighted by Crippen LogP contribution is 2.45. The highest BCUT2D eigenvalue weighted by Gasteiger charge is 2.30. The van der Waals surface area contributed by atoms with Crippen molar-refractivity contribution >= 4 is 39.5 Å². The fourth-order valence-corrected chi connectivity index (χ4v) is 11.6. The molecule has 510 valence electrons. The molecule has 0 bridgehead atoms. The van der Waals surface area contributed by atoms with Gasteiger partial charge < -0.3 is 33.8 Å². The molecule has 17 nitrogen and oxygen atoms in total. The van der Waals surface area contributed by atoms with Gasteiger partial charge in [-0.15, -0.1) is 0 Å². The third-order valence-corrected chi connectivity index (χ3v) is 17.4. The van der Waals surface area contributed by atoms with Gasteiger partial charge in [-0.3, -0.25) is 37.3 Å². The van der Waals surface area contributed by atoms with E-state index in [-0.39, 0.29) is 25.7 Å².